The van der Waals surface area contributed by atoms with Crippen LogP contribution in [0.3, 0.4) is 0 Å². The van der Waals surface area contributed by atoms with E-state index in [1.165, 1.54) is 0 Å². The van der Waals surface area contributed by atoms with Crippen molar-refractivity contribution in [2.45, 2.75) is 13.5 Å². The SMILES string of the molecule is Cc1cccc2cc(CNc3ccc(Br)cc3)c(Cl)nc12. The van der Waals surface area contributed by atoms with Crippen molar-refractivity contribution in [2.75, 3.05) is 5.32 Å². The van der Waals surface area contributed by atoms with Crippen LogP contribution in [0.1, 0.15) is 11.1 Å². The van der Waals surface area contributed by atoms with Crippen LogP contribution in [0.4, 0.5) is 5.69 Å². The van der Waals surface area contributed by atoms with Crippen LogP contribution in [0.15, 0.2) is 53.0 Å². The smallest absolute Gasteiger partial charge is 0.134 e. The lowest BCUT2D eigenvalue weighted by atomic mass is 10.1. The summed E-state index contributed by atoms with van der Waals surface area (Å²) in [5, 5.41) is 5.04. The summed E-state index contributed by atoms with van der Waals surface area (Å²) in [4.78, 5) is 4.52. The number of hydrogen-bond donors (Lipinski definition) is 1. The summed E-state index contributed by atoms with van der Waals surface area (Å²) < 4.78 is 1.06. The van der Waals surface area contributed by atoms with E-state index in [-0.39, 0.29) is 0 Å². The Hall–Kier alpha value is -1.58. The number of nitrogens with one attached hydrogen (secondary N) is 1. The summed E-state index contributed by atoms with van der Waals surface area (Å²) >= 11 is 9.74. The molecule has 0 aliphatic rings. The van der Waals surface area contributed by atoms with Crippen LogP contribution in [0.25, 0.3) is 10.9 Å². The summed E-state index contributed by atoms with van der Waals surface area (Å²) in [5.74, 6) is 0. The maximum Gasteiger partial charge on any atom is 0.134 e. The maximum atomic E-state index is 6.31. The number of nitrogens with zero attached hydrogens (tertiary/aromatic N) is 1. The quantitative estimate of drug-likeness (QED) is 0.617. The first-order valence-corrected chi connectivity index (χ1v) is 7.85. The number of fused-ring (bicyclic) bond motifs is 1. The van der Waals surface area contributed by atoms with Crippen molar-refractivity contribution in [1.29, 1.82) is 0 Å². The Balaban J connectivity index is 1.87. The van der Waals surface area contributed by atoms with Crippen molar-refractivity contribution in [1.82, 2.24) is 4.98 Å². The molecule has 2 aromatic carbocycles. The molecule has 0 aliphatic carbocycles. The number of aryl methyl sites for hydroxylation is 1. The minimum Gasteiger partial charge on any atom is -0.381 e. The van der Waals surface area contributed by atoms with Crippen LogP contribution >= 0.6 is 27.5 Å². The fraction of sp³-hybridized carbons (Fsp3) is 0.118. The molecule has 21 heavy (non-hydrogen) atoms. The van der Waals surface area contributed by atoms with Crippen LogP contribution in [0.5, 0.6) is 0 Å². The Bertz CT molecular complexity index is 785. The molecule has 2 nitrogen and oxygen atoms in total. The van der Waals surface area contributed by atoms with Gasteiger partial charge in [0.1, 0.15) is 5.15 Å². The number of pyridine rings is 1. The largest absolute Gasteiger partial charge is 0.381 e. The molecule has 0 amide bonds. The van der Waals surface area contributed by atoms with Crippen LogP contribution in [-0.4, -0.2) is 4.98 Å². The van der Waals surface area contributed by atoms with Crippen molar-refractivity contribution in [3.8, 4) is 0 Å². The molecule has 4 heteroatoms. The van der Waals surface area contributed by atoms with E-state index in [1.54, 1.807) is 0 Å². The fourth-order valence-corrected chi connectivity index (χ4v) is 2.73. The molecular weight excluding hydrogens is 348 g/mol. The first-order chi connectivity index (χ1) is 10.1. The van der Waals surface area contributed by atoms with Gasteiger partial charge < -0.3 is 5.32 Å². The predicted molar refractivity (Wildman–Crippen MR) is 93.0 cm³/mol. The molecule has 0 spiro atoms. The minimum absolute atomic E-state index is 0.557. The highest BCUT2D eigenvalue weighted by atomic mass is 79.9. The van der Waals surface area contributed by atoms with E-state index >= 15 is 0 Å². The molecule has 0 saturated heterocycles. The molecule has 1 N–H and O–H groups in total. The number of anilines is 1. The molecule has 106 valence electrons. The average molecular weight is 362 g/mol. The summed E-state index contributed by atoms with van der Waals surface area (Å²) in [6.07, 6.45) is 0. The third kappa shape index (κ3) is 3.20. The van der Waals surface area contributed by atoms with Gasteiger partial charge in [-0.15, -0.1) is 0 Å². The third-order valence-electron chi connectivity index (χ3n) is 3.40. The topological polar surface area (TPSA) is 24.9 Å². The first kappa shape index (κ1) is 14.4. The summed E-state index contributed by atoms with van der Waals surface area (Å²) in [7, 11) is 0. The van der Waals surface area contributed by atoms with Crippen molar-refractivity contribution in [2.24, 2.45) is 0 Å². The first-order valence-electron chi connectivity index (χ1n) is 6.68. The van der Waals surface area contributed by atoms with Gasteiger partial charge in [0.15, 0.2) is 0 Å². The van der Waals surface area contributed by atoms with Gasteiger partial charge in [0, 0.05) is 27.7 Å². The van der Waals surface area contributed by atoms with Crippen molar-refractivity contribution in [3.63, 3.8) is 0 Å². The molecule has 0 fully saturated rings. The van der Waals surface area contributed by atoms with E-state index in [2.05, 4.69) is 38.4 Å². The van der Waals surface area contributed by atoms with Gasteiger partial charge in [0.25, 0.3) is 0 Å². The fourth-order valence-electron chi connectivity index (χ4n) is 2.26. The zero-order valence-electron chi connectivity index (χ0n) is 11.5. The predicted octanol–water partition coefficient (Wildman–Crippen LogP) is 5.57. The molecule has 0 atom stereocenters. The Kier molecular flexibility index (Phi) is 4.13. The molecule has 0 aliphatic heterocycles. The molecule has 0 unspecified atom stereocenters. The van der Waals surface area contributed by atoms with Gasteiger partial charge in [0.2, 0.25) is 0 Å². The molecule has 3 rings (SSSR count). The van der Waals surface area contributed by atoms with E-state index in [9.17, 15) is 0 Å². The van der Waals surface area contributed by atoms with Gasteiger partial charge in [0.05, 0.1) is 5.52 Å². The highest BCUT2D eigenvalue weighted by molar-refractivity contribution is 9.10. The van der Waals surface area contributed by atoms with E-state index in [4.69, 9.17) is 11.6 Å². The molecule has 0 saturated carbocycles. The Labute approximate surface area is 137 Å². The zero-order valence-corrected chi connectivity index (χ0v) is 13.9. The lowest BCUT2D eigenvalue weighted by Gasteiger charge is -2.10. The van der Waals surface area contributed by atoms with E-state index < -0.39 is 0 Å². The van der Waals surface area contributed by atoms with Gasteiger partial charge >= 0.3 is 0 Å². The third-order valence-corrected chi connectivity index (χ3v) is 4.26. The van der Waals surface area contributed by atoms with Crippen LogP contribution < -0.4 is 5.32 Å². The van der Waals surface area contributed by atoms with Gasteiger partial charge in [-0.2, -0.15) is 0 Å². The second-order valence-corrected chi connectivity index (χ2v) is 6.22. The van der Waals surface area contributed by atoms with Crippen molar-refractivity contribution >= 4 is 44.1 Å². The van der Waals surface area contributed by atoms with Gasteiger partial charge in [-0.3, -0.25) is 0 Å². The minimum atomic E-state index is 0.557. The Morgan fingerprint density at radius 3 is 2.67 bits per heavy atom. The summed E-state index contributed by atoms with van der Waals surface area (Å²) in [6, 6.07) is 16.3. The van der Waals surface area contributed by atoms with E-state index in [0.717, 1.165) is 32.2 Å². The zero-order chi connectivity index (χ0) is 14.8. The average Bonchev–Trinajstić information content (AvgIpc) is 2.48. The number of benzene rings is 2. The second-order valence-electron chi connectivity index (χ2n) is 4.95. The van der Waals surface area contributed by atoms with E-state index in [1.807, 2.05) is 43.3 Å². The monoisotopic (exact) mass is 360 g/mol. The van der Waals surface area contributed by atoms with Gasteiger partial charge in [-0.05, 0) is 42.8 Å². The summed E-state index contributed by atoms with van der Waals surface area (Å²) in [5.41, 5.74) is 4.16. The summed E-state index contributed by atoms with van der Waals surface area (Å²) in [6.45, 7) is 2.70. The Morgan fingerprint density at radius 1 is 1.14 bits per heavy atom. The molecule has 1 aromatic heterocycles. The molecule has 0 bridgehead atoms. The van der Waals surface area contributed by atoms with Crippen LogP contribution in [0, 0.1) is 6.92 Å². The van der Waals surface area contributed by atoms with Crippen molar-refractivity contribution < 1.29 is 0 Å². The number of rotatable bonds is 3. The molecule has 1 heterocycles. The molecule has 3 aromatic rings. The lowest BCUT2D eigenvalue weighted by molar-refractivity contribution is 1.13. The maximum absolute atomic E-state index is 6.31. The second kappa shape index (κ2) is 6.04. The van der Waals surface area contributed by atoms with Crippen molar-refractivity contribution in [3.05, 3.63) is 69.3 Å². The standard InChI is InChI=1S/C17H14BrClN2/c1-11-3-2-4-12-9-13(17(19)21-16(11)12)10-20-15-7-5-14(18)6-8-15/h2-9,20H,10H2,1H3. The van der Waals surface area contributed by atoms with Gasteiger partial charge in [-0.25, -0.2) is 4.98 Å². The van der Waals surface area contributed by atoms with Crippen LogP contribution in [0.2, 0.25) is 5.15 Å². The molecular formula is C17H14BrClN2. The Morgan fingerprint density at radius 2 is 1.90 bits per heavy atom. The van der Waals surface area contributed by atoms with E-state index in [0.29, 0.717) is 11.7 Å². The lowest BCUT2D eigenvalue weighted by Crippen LogP contribution is -2.01. The highest BCUT2D eigenvalue weighted by Gasteiger charge is 2.06. The normalized spacial score (nSPS) is 10.8. The molecule has 0 radical (unpaired) electrons. The van der Waals surface area contributed by atoms with Gasteiger partial charge in [-0.1, -0.05) is 45.7 Å². The number of halogens is 2. The number of hydrogen-bond acceptors (Lipinski definition) is 2. The highest BCUT2D eigenvalue weighted by Crippen LogP contribution is 2.24. The number of aromatic nitrogens is 1. The number of para-hydroxylation sites is 1. The van der Waals surface area contributed by atoms with Crippen LogP contribution in [-0.2, 0) is 6.54 Å².